The predicted molar refractivity (Wildman–Crippen MR) is 64.8 cm³/mol. The standard InChI is InChI=1S/C14H18FNO/c1-9-7-12(17-2)10(8-11(9)15)13(3-4-13)14(16)5-6-14/h7-8H,3-6,16H2,1-2H3. The Morgan fingerprint density at radius 3 is 2.35 bits per heavy atom. The minimum atomic E-state index is -0.156. The van der Waals surface area contributed by atoms with Crippen LogP contribution in [-0.4, -0.2) is 12.6 Å². The van der Waals surface area contributed by atoms with Gasteiger partial charge in [0.05, 0.1) is 7.11 Å². The Balaban J connectivity index is 2.11. The zero-order valence-corrected chi connectivity index (χ0v) is 10.3. The van der Waals surface area contributed by atoms with Crippen LogP contribution >= 0.6 is 0 Å². The summed E-state index contributed by atoms with van der Waals surface area (Å²) in [6.07, 6.45) is 4.21. The second-order valence-corrected chi connectivity index (χ2v) is 5.54. The number of rotatable bonds is 3. The number of benzene rings is 1. The zero-order valence-electron chi connectivity index (χ0n) is 10.3. The maximum absolute atomic E-state index is 13.8. The molecule has 0 spiro atoms. The SMILES string of the molecule is COc1cc(C)c(F)cc1C1(C2(N)CC2)CC1. The molecule has 0 radical (unpaired) electrons. The fraction of sp³-hybridized carbons (Fsp3) is 0.571. The van der Waals surface area contributed by atoms with Crippen LogP contribution in [0.25, 0.3) is 0 Å². The normalized spacial score (nSPS) is 23.3. The molecular formula is C14H18FNO. The third-order valence-electron chi connectivity index (χ3n) is 4.49. The lowest BCUT2D eigenvalue weighted by Crippen LogP contribution is -2.37. The molecule has 0 saturated heterocycles. The van der Waals surface area contributed by atoms with Crippen molar-refractivity contribution in [2.75, 3.05) is 7.11 Å². The van der Waals surface area contributed by atoms with Gasteiger partial charge in [-0.2, -0.15) is 0 Å². The van der Waals surface area contributed by atoms with E-state index >= 15 is 0 Å². The quantitative estimate of drug-likeness (QED) is 0.874. The summed E-state index contributed by atoms with van der Waals surface area (Å²) in [4.78, 5) is 0. The maximum Gasteiger partial charge on any atom is 0.126 e. The molecule has 0 bridgehead atoms. The molecule has 2 N–H and O–H groups in total. The maximum atomic E-state index is 13.8. The Kier molecular flexibility index (Phi) is 2.09. The smallest absolute Gasteiger partial charge is 0.126 e. The van der Waals surface area contributed by atoms with Gasteiger partial charge in [0.1, 0.15) is 11.6 Å². The predicted octanol–water partition coefficient (Wildman–Crippen LogP) is 2.67. The number of hydrogen-bond acceptors (Lipinski definition) is 2. The van der Waals surface area contributed by atoms with E-state index in [1.807, 2.05) is 0 Å². The summed E-state index contributed by atoms with van der Waals surface area (Å²) in [5.74, 6) is 0.634. The highest BCUT2D eigenvalue weighted by molar-refractivity contribution is 5.50. The number of nitrogens with two attached hydrogens (primary N) is 1. The Bertz CT molecular complexity index is 475. The van der Waals surface area contributed by atoms with Crippen molar-refractivity contribution in [3.05, 3.63) is 29.1 Å². The molecule has 2 nitrogen and oxygen atoms in total. The molecule has 2 fully saturated rings. The Morgan fingerprint density at radius 1 is 1.24 bits per heavy atom. The van der Waals surface area contributed by atoms with Crippen molar-refractivity contribution in [1.29, 1.82) is 0 Å². The van der Waals surface area contributed by atoms with Gasteiger partial charge in [-0.3, -0.25) is 0 Å². The van der Waals surface area contributed by atoms with Crippen molar-refractivity contribution >= 4 is 0 Å². The molecule has 92 valence electrons. The van der Waals surface area contributed by atoms with Crippen LogP contribution in [-0.2, 0) is 5.41 Å². The number of halogens is 1. The summed E-state index contributed by atoms with van der Waals surface area (Å²) < 4.78 is 19.2. The Hall–Kier alpha value is -1.09. The third kappa shape index (κ3) is 1.41. The molecule has 2 aliphatic rings. The largest absolute Gasteiger partial charge is 0.496 e. The summed E-state index contributed by atoms with van der Waals surface area (Å²) in [6.45, 7) is 1.76. The van der Waals surface area contributed by atoms with Gasteiger partial charge < -0.3 is 10.5 Å². The first kappa shape index (κ1) is 11.0. The van der Waals surface area contributed by atoms with Gasteiger partial charge in [-0.05, 0) is 50.3 Å². The second-order valence-electron chi connectivity index (χ2n) is 5.54. The van der Waals surface area contributed by atoms with Crippen LogP contribution in [0, 0.1) is 12.7 Å². The van der Waals surface area contributed by atoms with Crippen LogP contribution < -0.4 is 10.5 Å². The third-order valence-corrected chi connectivity index (χ3v) is 4.49. The molecule has 1 aromatic carbocycles. The fourth-order valence-electron chi connectivity index (χ4n) is 2.97. The van der Waals surface area contributed by atoms with Crippen LogP contribution in [0.3, 0.4) is 0 Å². The summed E-state index contributed by atoms with van der Waals surface area (Å²) in [7, 11) is 1.64. The highest BCUT2D eigenvalue weighted by Crippen LogP contribution is 2.65. The van der Waals surface area contributed by atoms with Gasteiger partial charge in [-0.15, -0.1) is 0 Å². The van der Waals surface area contributed by atoms with Crippen LogP contribution in [0.2, 0.25) is 0 Å². The highest BCUT2D eigenvalue weighted by Gasteiger charge is 2.65. The van der Waals surface area contributed by atoms with Crippen molar-refractivity contribution in [2.24, 2.45) is 5.73 Å². The van der Waals surface area contributed by atoms with E-state index < -0.39 is 0 Å². The molecule has 2 saturated carbocycles. The van der Waals surface area contributed by atoms with Gasteiger partial charge >= 0.3 is 0 Å². The van der Waals surface area contributed by atoms with Crippen molar-refractivity contribution in [1.82, 2.24) is 0 Å². The van der Waals surface area contributed by atoms with E-state index in [-0.39, 0.29) is 16.8 Å². The summed E-state index contributed by atoms with van der Waals surface area (Å²) in [5, 5.41) is 0. The molecule has 0 aromatic heterocycles. The van der Waals surface area contributed by atoms with Crippen LogP contribution in [0.15, 0.2) is 12.1 Å². The van der Waals surface area contributed by atoms with Gasteiger partial charge in [-0.1, -0.05) is 0 Å². The molecule has 0 unspecified atom stereocenters. The van der Waals surface area contributed by atoms with E-state index in [4.69, 9.17) is 10.5 Å². The molecule has 3 heteroatoms. The molecule has 0 amide bonds. The van der Waals surface area contributed by atoms with E-state index in [0.29, 0.717) is 5.56 Å². The monoisotopic (exact) mass is 235 g/mol. The first-order chi connectivity index (χ1) is 8.02. The van der Waals surface area contributed by atoms with E-state index in [2.05, 4.69) is 0 Å². The second kappa shape index (κ2) is 3.22. The van der Waals surface area contributed by atoms with Gasteiger partial charge in [0.15, 0.2) is 0 Å². The zero-order chi connectivity index (χ0) is 12.3. The van der Waals surface area contributed by atoms with Gasteiger partial charge in [-0.25, -0.2) is 4.39 Å². The molecule has 1 aromatic rings. The molecule has 17 heavy (non-hydrogen) atoms. The van der Waals surface area contributed by atoms with Crippen molar-refractivity contribution in [3.8, 4) is 5.75 Å². The first-order valence-corrected chi connectivity index (χ1v) is 6.16. The topological polar surface area (TPSA) is 35.2 Å². The van der Waals surface area contributed by atoms with Crippen molar-refractivity contribution in [3.63, 3.8) is 0 Å². The summed E-state index contributed by atoms with van der Waals surface area (Å²) >= 11 is 0. The number of ether oxygens (including phenoxy) is 1. The summed E-state index contributed by atoms with van der Waals surface area (Å²) in [6, 6.07) is 3.42. The summed E-state index contributed by atoms with van der Waals surface area (Å²) in [5.41, 5.74) is 7.83. The number of aryl methyl sites for hydroxylation is 1. The molecule has 0 aliphatic heterocycles. The van der Waals surface area contributed by atoms with Crippen LogP contribution in [0.5, 0.6) is 5.75 Å². The Labute approximate surface area is 101 Å². The fourth-order valence-corrected chi connectivity index (χ4v) is 2.97. The van der Waals surface area contributed by atoms with Gasteiger partial charge in [0.2, 0.25) is 0 Å². The van der Waals surface area contributed by atoms with E-state index in [0.717, 1.165) is 37.0 Å². The highest BCUT2D eigenvalue weighted by atomic mass is 19.1. The van der Waals surface area contributed by atoms with Crippen LogP contribution in [0.1, 0.15) is 36.8 Å². The average molecular weight is 235 g/mol. The first-order valence-electron chi connectivity index (χ1n) is 6.16. The van der Waals surface area contributed by atoms with Crippen molar-refractivity contribution in [2.45, 2.75) is 43.6 Å². The van der Waals surface area contributed by atoms with Crippen molar-refractivity contribution < 1.29 is 9.13 Å². The average Bonchev–Trinajstić information content (AvgIpc) is 3.17. The molecule has 2 aliphatic carbocycles. The van der Waals surface area contributed by atoms with Gasteiger partial charge in [0.25, 0.3) is 0 Å². The Morgan fingerprint density at radius 2 is 1.88 bits per heavy atom. The van der Waals surface area contributed by atoms with Crippen LogP contribution in [0.4, 0.5) is 4.39 Å². The van der Waals surface area contributed by atoms with Gasteiger partial charge in [0, 0.05) is 16.5 Å². The lowest BCUT2D eigenvalue weighted by molar-refractivity contribution is 0.390. The van der Waals surface area contributed by atoms with E-state index in [1.165, 1.54) is 0 Å². The van der Waals surface area contributed by atoms with E-state index in [9.17, 15) is 4.39 Å². The number of methoxy groups -OCH3 is 1. The minimum Gasteiger partial charge on any atom is -0.496 e. The minimum absolute atomic E-state index is 0.0209. The number of hydrogen-bond donors (Lipinski definition) is 1. The molecule has 3 rings (SSSR count). The molecule has 0 heterocycles. The van der Waals surface area contributed by atoms with E-state index in [1.54, 1.807) is 26.2 Å². The molecule has 0 atom stereocenters. The lowest BCUT2D eigenvalue weighted by Gasteiger charge is -2.25. The lowest BCUT2D eigenvalue weighted by atomic mass is 9.85. The molecular weight excluding hydrogens is 217 g/mol.